The number of alkyl halides is 3. The second kappa shape index (κ2) is 5.60. The lowest BCUT2D eigenvalue weighted by atomic mass is 9.94. The molecule has 0 spiro atoms. The van der Waals surface area contributed by atoms with Crippen molar-refractivity contribution in [2.45, 2.75) is 31.5 Å². The standard InChI is InChI=1S/C15H15F3N4O/c16-15(17,18)8-2-1-3-9(6-8)23-10-4-5-12-11(7-10)13(19)22-14(20)21-12/h1-3,6,10H,4-5,7H2,(H4,19,20,21,22). The molecule has 0 bridgehead atoms. The minimum Gasteiger partial charge on any atom is -0.490 e. The average Bonchev–Trinajstić information content (AvgIpc) is 2.47. The van der Waals surface area contributed by atoms with Crippen molar-refractivity contribution in [1.82, 2.24) is 9.97 Å². The molecule has 0 amide bonds. The van der Waals surface area contributed by atoms with E-state index in [-0.39, 0.29) is 17.8 Å². The van der Waals surface area contributed by atoms with E-state index >= 15 is 0 Å². The third-order valence-electron chi connectivity index (χ3n) is 3.74. The first-order valence-corrected chi connectivity index (χ1v) is 7.07. The Morgan fingerprint density at radius 1 is 1.17 bits per heavy atom. The monoisotopic (exact) mass is 324 g/mol. The molecule has 2 aromatic rings. The maximum Gasteiger partial charge on any atom is 0.416 e. The molecule has 122 valence electrons. The summed E-state index contributed by atoms with van der Waals surface area (Å²) in [6, 6.07) is 4.84. The number of aryl methyl sites for hydroxylation is 1. The Morgan fingerprint density at radius 3 is 2.70 bits per heavy atom. The number of rotatable bonds is 2. The van der Waals surface area contributed by atoms with Crippen LogP contribution >= 0.6 is 0 Å². The summed E-state index contributed by atoms with van der Waals surface area (Å²) in [5.74, 6) is 0.603. The number of fused-ring (bicyclic) bond motifs is 1. The molecule has 0 radical (unpaired) electrons. The number of nitrogen functional groups attached to an aromatic ring is 2. The van der Waals surface area contributed by atoms with Gasteiger partial charge < -0.3 is 16.2 Å². The summed E-state index contributed by atoms with van der Waals surface area (Å²) in [6.45, 7) is 0. The van der Waals surface area contributed by atoms with Crippen LogP contribution in [0, 0.1) is 0 Å². The van der Waals surface area contributed by atoms with E-state index in [0.29, 0.717) is 25.1 Å². The smallest absolute Gasteiger partial charge is 0.416 e. The van der Waals surface area contributed by atoms with Crippen molar-refractivity contribution in [3.8, 4) is 5.75 Å². The van der Waals surface area contributed by atoms with Crippen molar-refractivity contribution < 1.29 is 17.9 Å². The third kappa shape index (κ3) is 3.30. The van der Waals surface area contributed by atoms with Gasteiger partial charge in [-0.05, 0) is 31.0 Å². The Morgan fingerprint density at radius 2 is 1.96 bits per heavy atom. The first-order chi connectivity index (χ1) is 10.8. The number of halogens is 3. The van der Waals surface area contributed by atoms with Gasteiger partial charge in [-0.2, -0.15) is 18.2 Å². The highest BCUT2D eigenvalue weighted by molar-refractivity contribution is 5.47. The van der Waals surface area contributed by atoms with E-state index in [0.717, 1.165) is 23.4 Å². The SMILES string of the molecule is Nc1nc(N)c2c(n1)CCC(Oc1cccc(C(F)(F)F)c1)C2. The molecule has 1 aromatic heterocycles. The average molecular weight is 324 g/mol. The van der Waals surface area contributed by atoms with E-state index in [1.165, 1.54) is 12.1 Å². The van der Waals surface area contributed by atoms with Gasteiger partial charge in [0.1, 0.15) is 17.7 Å². The van der Waals surface area contributed by atoms with Crippen LogP contribution in [0.5, 0.6) is 5.75 Å². The Bertz CT molecular complexity index is 733. The van der Waals surface area contributed by atoms with Gasteiger partial charge in [-0.25, -0.2) is 4.98 Å². The number of hydrogen-bond acceptors (Lipinski definition) is 5. The van der Waals surface area contributed by atoms with E-state index in [1.807, 2.05) is 0 Å². The van der Waals surface area contributed by atoms with Gasteiger partial charge in [0.25, 0.3) is 0 Å². The van der Waals surface area contributed by atoms with E-state index in [9.17, 15) is 13.2 Å². The van der Waals surface area contributed by atoms with E-state index in [1.54, 1.807) is 0 Å². The minimum absolute atomic E-state index is 0.124. The van der Waals surface area contributed by atoms with Crippen molar-refractivity contribution in [2.75, 3.05) is 11.5 Å². The predicted octanol–water partition coefficient (Wildman–Crippen LogP) is 2.60. The third-order valence-corrected chi connectivity index (χ3v) is 3.74. The van der Waals surface area contributed by atoms with Crippen LogP contribution in [-0.2, 0) is 19.0 Å². The van der Waals surface area contributed by atoms with Crippen LogP contribution in [0.3, 0.4) is 0 Å². The van der Waals surface area contributed by atoms with E-state index in [4.69, 9.17) is 16.2 Å². The van der Waals surface area contributed by atoms with Crippen LogP contribution in [-0.4, -0.2) is 16.1 Å². The van der Waals surface area contributed by atoms with Crippen LogP contribution in [0.15, 0.2) is 24.3 Å². The lowest BCUT2D eigenvalue weighted by Crippen LogP contribution is -2.27. The molecule has 0 saturated carbocycles. The molecular formula is C15H15F3N4O. The van der Waals surface area contributed by atoms with Gasteiger partial charge in [0.05, 0.1) is 11.3 Å². The normalized spacial score (nSPS) is 17.6. The van der Waals surface area contributed by atoms with Gasteiger partial charge >= 0.3 is 6.18 Å². The number of nitrogens with two attached hydrogens (primary N) is 2. The van der Waals surface area contributed by atoms with Crippen LogP contribution < -0.4 is 16.2 Å². The molecule has 8 heteroatoms. The zero-order valence-corrected chi connectivity index (χ0v) is 12.1. The summed E-state index contributed by atoms with van der Waals surface area (Å²) < 4.78 is 43.9. The Hall–Kier alpha value is -2.51. The second-order valence-corrected chi connectivity index (χ2v) is 5.40. The molecule has 0 aliphatic heterocycles. The van der Waals surface area contributed by atoms with Gasteiger partial charge in [-0.15, -0.1) is 0 Å². The molecule has 1 aromatic carbocycles. The predicted molar refractivity (Wildman–Crippen MR) is 78.7 cm³/mol. The zero-order chi connectivity index (χ0) is 16.6. The summed E-state index contributed by atoms with van der Waals surface area (Å²) in [6.07, 6.45) is -3.01. The maximum atomic E-state index is 12.7. The minimum atomic E-state index is -4.39. The van der Waals surface area contributed by atoms with Crippen LogP contribution in [0.2, 0.25) is 0 Å². The fraction of sp³-hybridized carbons (Fsp3) is 0.333. The fourth-order valence-corrected chi connectivity index (χ4v) is 2.66. The van der Waals surface area contributed by atoms with Crippen molar-refractivity contribution in [2.24, 2.45) is 0 Å². The summed E-state index contributed by atoms with van der Waals surface area (Å²) in [7, 11) is 0. The molecule has 0 saturated heterocycles. The van der Waals surface area contributed by atoms with Crippen LogP contribution in [0.25, 0.3) is 0 Å². The van der Waals surface area contributed by atoms with Gasteiger partial charge in [0.15, 0.2) is 0 Å². The van der Waals surface area contributed by atoms with Gasteiger partial charge in [-0.3, -0.25) is 0 Å². The number of nitrogens with zero attached hydrogens (tertiary/aromatic N) is 2. The largest absolute Gasteiger partial charge is 0.490 e. The molecule has 23 heavy (non-hydrogen) atoms. The van der Waals surface area contributed by atoms with Crippen molar-refractivity contribution >= 4 is 11.8 Å². The Kier molecular flexibility index (Phi) is 3.75. The Labute approximate surface area is 130 Å². The lowest BCUT2D eigenvalue weighted by Gasteiger charge is -2.26. The summed E-state index contributed by atoms with van der Waals surface area (Å²) in [5.41, 5.74) is 12.2. The molecule has 4 N–H and O–H groups in total. The number of ether oxygens (including phenoxy) is 1. The summed E-state index contributed by atoms with van der Waals surface area (Å²) in [4.78, 5) is 8.06. The molecule has 3 rings (SSSR count). The molecule has 1 aliphatic rings. The maximum absolute atomic E-state index is 12.7. The molecular weight excluding hydrogens is 309 g/mol. The molecule has 1 atom stereocenters. The lowest BCUT2D eigenvalue weighted by molar-refractivity contribution is -0.137. The number of aromatic nitrogens is 2. The van der Waals surface area contributed by atoms with Crippen molar-refractivity contribution in [1.29, 1.82) is 0 Å². The van der Waals surface area contributed by atoms with Crippen LogP contribution in [0.1, 0.15) is 23.2 Å². The van der Waals surface area contributed by atoms with Gasteiger partial charge in [0, 0.05) is 12.0 Å². The van der Waals surface area contributed by atoms with Crippen molar-refractivity contribution in [3.05, 3.63) is 41.1 Å². The summed E-state index contributed by atoms with van der Waals surface area (Å²) >= 11 is 0. The number of anilines is 2. The van der Waals surface area contributed by atoms with E-state index < -0.39 is 11.7 Å². The van der Waals surface area contributed by atoms with Gasteiger partial charge in [-0.1, -0.05) is 6.07 Å². The first-order valence-electron chi connectivity index (χ1n) is 7.07. The molecule has 1 heterocycles. The number of benzene rings is 1. The van der Waals surface area contributed by atoms with E-state index in [2.05, 4.69) is 9.97 Å². The molecule has 5 nitrogen and oxygen atoms in total. The fourth-order valence-electron chi connectivity index (χ4n) is 2.66. The zero-order valence-electron chi connectivity index (χ0n) is 12.1. The highest BCUT2D eigenvalue weighted by Gasteiger charge is 2.31. The first kappa shape index (κ1) is 15.4. The molecule has 1 unspecified atom stereocenters. The number of hydrogen-bond donors (Lipinski definition) is 2. The highest BCUT2D eigenvalue weighted by atomic mass is 19.4. The molecule has 0 fully saturated rings. The topological polar surface area (TPSA) is 87.0 Å². The van der Waals surface area contributed by atoms with Gasteiger partial charge in [0.2, 0.25) is 5.95 Å². The summed E-state index contributed by atoms with van der Waals surface area (Å²) in [5, 5.41) is 0. The second-order valence-electron chi connectivity index (χ2n) is 5.40. The quantitative estimate of drug-likeness (QED) is 0.886. The highest BCUT2D eigenvalue weighted by Crippen LogP contribution is 2.33. The van der Waals surface area contributed by atoms with Crippen molar-refractivity contribution in [3.63, 3.8) is 0 Å². The molecule has 1 aliphatic carbocycles. The Balaban J connectivity index is 1.78. The van der Waals surface area contributed by atoms with Crippen LogP contribution in [0.4, 0.5) is 24.9 Å².